The fourth-order valence-corrected chi connectivity index (χ4v) is 0.835. The van der Waals surface area contributed by atoms with E-state index in [-0.39, 0.29) is 13.2 Å². The van der Waals surface area contributed by atoms with Gasteiger partial charge in [-0.15, -0.1) is 0 Å². The molecule has 0 aliphatic carbocycles. The van der Waals surface area contributed by atoms with Gasteiger partial charge in [0.1, 0.15) is 18.4 Å². The predicted octanol–water partition coefficient (Wildman–Crippen LogP) is -0.495. The van der Waals surface area contributed by atoms with Crippen molar-refractivity contribution in [1.29, 1.82) is 0 Å². The second-order valence-corrected chi connectivity index (χ2v) is 4.03. The Morgan fingerprint density at radius 3 is 2.27 bits per heavy atom. The van der Waals surface area contributed by atoms with Crippen LogP contribution in [0.4, 0.5) is 0 Å². The Morgan fingerprint density at radius 2 is 1.87 bits per heavy atom. The lowest BCUT2D eigenvalue weighted by Gasteiger charge is -2.20. The summed E-state index contributed by atoms with van der Waals surface area (Å²) in [7, 11) is 0. The van der Waals surface area contributed by atoms with Crippen LogP contribution in [0.15, 0.2) is 0 Å². The minimum atomic E-state index is -1.02. The van der Waals surface area contributed by atoms with Gasteiger partial charge in [-0.05, 0) is 20.8 Å². The van der Waals surface area contributed by atoms with Crippen molar-refractivity contribution in [2.75, 3.05) is 6.73 Å². The maximum Gasteiger partial charge on any atom is 0.324 e. The summed E-state index contributed by atoms with van der Waals surface area (Å²) in [6, 6.07) is -1.02. The Hall–Kier alpha value is -1.14. The third-order valence-corrected chi connectivity index (χ3v) is 1.33. The van der Waals surface area contributed by atoms with Gasteiger partial charge in [0, 0.05) is 0 Å². The smallest absolute Gasteiger partial charge is 0.324 e. The van der Waals surface area contributed by atoms with Crippen molar-refractivity contribution in [2.45, 2.75) is 38.8 Å². The van der Waals surface area contributed by atoms with Gasteiger partial charge in [-0.2, -0.15) is 0 Å². The Kier molecular flexibility index (Phi) is 5.24. The lowest BCUT2D eigenvalue weighted by molar-refractivity contribution is -0.159. The van der Waals surface area contributed by atoms with Crippen LogP contribution in [-0.2, 0) is 19.1 Å². The van der Waals surface area contributed by atoms with Crippen LogP contribution in [0.1, 0.15) is 27.2 Å². The Bertz CT molecular complexity index is 235. The molecule has 0 aliphatic rings. The fourth-order valence-electron chi connectivity index (χ4n) is 0.835. The molecule has 88 valence electrons. The molecule has 0 aliphatic heterocycles. The zero-order chi connectivity index (χ0) is 12.1. The van der Waals surface area contributed by atoms with Gasteiger partial charge in [-0.25, -0.2) is 0 Å². The van der Waals surface area contributed by atoms with Gasteiger partial charge < -0.3 is 15.2 Å². The summed E-state index contributed by atoms with van der Waals surface area (Å²) in [6.07, 6.45) is -0.212. The first-order valence-electron chi connectivity index (χ1n) is 4.60. The number of ether oxygens (including phenoxy) is 2. The molecule has 1 atom stereocenters. The normalized spacial score (nSPS) is 13.1. The molecule has 0 saturated heterocycles. The molecule has 0 aromatic carbocycles. The van der Waals surface area contributed by atoms with Crippen LogP contribution in [0.3, 0.4) is 0 Å². The van der Waals surface area contributed by atoms with E-state index in [1.54, 1.807) is 20.8 Å². The summed E-state index contributed by atoms with van der Waals surface area (Å²) in [5.41, 5.74) is 9.79. The van der Waals surface area contributed by atoms with Gasteiger partial charge >= 0.3 is 11.9 Å². The van der Waals surface area contributed by atoms with E-state index in [1.165, 1.54) is 0 Å². The number of carbonyl (C=O) groups excluding carboxylic acids is 2. The topological polar surface area (TPSA) is 105 Å². The molecule has 6 heteroatoms. The first-order chi connectivity index (χ1) is 6.76. The summed E-state index contributed by atoms with van der Waals surface area (Å²) in [6.45, 7) is 4.94. The largest absolute Gasteiger partial charge is 0.460 e. The van der Waals surface area contributed by atoms with Crippen molar-refractivity contribution in [3.8, 4) is 0 Å². The van der Waals surface area contributed by atoms with Crippen molar-refractivity contribution in [3.05, 3.63) is 0 Å². The molecule has 4 N–H and O–H groups in total. The maximum absolute atomic E-state index is 11.2. The van der Waals surface area contributed by atoms with Gasteiger partial charge in [0.15, 0.2) is 0 Å². The SMILES string of the molecule is CC(C)(C)OC(=O)C[C@@H](N)C(=O)OCN. The molecule has 0 unspecified atom stereocenters. The molecular formula is C9H18N2O4. The molecular weight excluding hydrogens is 200 g/mol. The molecule has 0 heterocycles. The van der Waals surface area contributed by atoms with Crippen molar-refractivity contribution >= 4 is 11.9 Å². The minimum Gasteiger partial charge on any atom is -0.460 e. The second-order valence-electron chi connectivity index (χ2n) is 4.03. The third-order valence-electron chi connectivity index (χ3n) is 1.33. The third kappa shape index (κ3) is 6.87. The molecule has 15 heavy (non-hydrogen) atoms. The van der Waals surface area contributed by atoms with Gasteiger partial charge in [0.05, 0.1) is 6.42 Å². The zero-order valence-electron chi connectivity index (χ0n) is 9.28. The predicted molar refractivity (Wildman–Crippen MR) is 53.6 cm³/mol. The summed E-state index contributed by atoms with van der Waals surface area (Å²) < 4.78 is 9.42. The lowest BCUT2D eigenvalue weighted by Crippen LogP contribution is -2.37. The molecule has 0 spiro atoms. The van der Waals surface area contributed by atoms with Crippen LogP contribution in [0.2, 0.25) is 0 Å². The number of esters is 2. The fraction of sp³-hybridized carbons (Fsp3) is 0.778. The van der Waals surface area contributed by atoms with E-state index in [0.717, 1.165) is 0 Å². The highest BCUT2D eigenvalue weighted by molar-refractivity contribution is 5.82. The van der Waals surface area contributed by atoms with Gasteiger partial charge in [0.25, 0.3) is 0 Å². The van der Waals surface area contributed by atoms with Crippen LogP contribution in [-0.4, -0.2) is 30.3 Å². The summed E-state index contributed by atoms with van der Waals surface area (Å²) in [5, 5.41) is 0. The molecule has 0 rings (SSSR count). The Morgan fingerprint density at radius 1 is 1.33 bits per heavy atom. The number of carbonyl (C=O) groups is 2. The summed E-state index contributed by atoms with van der Waals surface area (Å²) in [4.78, 5) is 22.2. The molecule has 0 fully saturated rings. The number of rotatable bonds is 4. The lowest BCUT2D eigenvalue weighted by atomic mass is 10.2. The molecule has 0 amide bonds. The van der Waals surface area contributed by atoms with Crippen LogP contribution in [0, 0.1) is 0 Å². The van der Waals surface area contributed by atoms with E-state index in [4.69, 9.17) is 16.2 Å². The molecule has 0 saturated carbocycles. The quantitative estimate of drug-likeness (QED) is 0.487. The summed E-state index contributed by atoms with van der Waals surface area (Å²) >= 11 is 0. The zero-order valence-corrected chi connectivity index (χ0v) is 9.28. The Balaban J connectivity index is 4.02. The van der Waals surface area contributed by atoms with E-state index in [2.05, 4.69) is 4.74 Å². The van der Waals surface area contributed by atoms with Gasteiger partial charge in [0.2, 0.25) is 0 Å². The van der Waals surface area contributed by atoms with Crippen LogP contribution >= 0.6 is 0 Å². The van der Waals surface area contributed by atoms with Crippen molar-refractivity contribution in [2.24, 2.45) is 11.5 Å². The van der Waals surface area contributed by atoms with Crippen LogP contribution in [0.5, 0.6) is 0 Å². The Labute approximate surface area is 88.9 Å². The minimum absolute atomic E-state index is 0.212. The molecule has 0 aromatic heterocycles. The van der Waals surface area contributed by atoms with Crippen molar-refractivity contribution in [3.63, 3.8) is 0 Å². The van der Waals surface area contributed by atoms with E-state index in [1.807, 2.05) is 0 Å². The average Bonchev–Trinajstić information content (AvgIpc) is 2.00. The van der Waals surface area contributed by atoms with E-state index >= 15 is 0 Å². The highest BCUT2D eigenvalue weighted by Crippen LogP contribution is 2.09. The first-order valence-corrected chi connectivity index (χ1v) is 4.60. The molecule has 6 nitrogen and oxygen atoms in total. The number of hydrogen-bond acceptors (Lipinski definition) is 6. The molecule has 0 bridgehead atoms. The van der Waals surface area contributed by atoms with E-state index in [0.29, 0.717) is 0 Å². The number of hydrogen-bond donors (Lipinski definition) is 2. The average molecular weight is 218 g/mol. The maximum atomic E-state index is 11.2. The highest BCUT2D eigenvalue weighted by Gasteiger charge is 2.23. The van der Waals surface area contributed by atoms with Crippen molar-refractivity contribution in [1.82, 2.24) is 0 Å². The van der Waals surface area contributed by atoms with Crippen LogP contribution in [0.25, 0.3) is 0 Å². The standard InChI is InChI=1S/C9H18N2O4/c1-9(2,3)15-7(12)4-6(11)8(13)14-5-10/h6H,4-5,10-11H2,1-3H3/t6-/m1/s1. The second kappa shape index (κ2) is 5.67. The monoisotopic (exact) mass is 218 g/mol. The van der Waals surface area contributed by atoms with Gasteiger partial charge in [-0.3, -0.25) is 15.3 Å². The van der Waals surface area contributed by atoms with Crippen molar-refractivity contribution < 1.29 is 19.1 Å². The first kappa shape index (κ1) is 13.9. The molecule has 0 radical (unpaired) electrons. The van der Waals surface area contributed by atoms with Crippen LogP contribution < -0.4 is 11.5 Å². The van der Waals surface area contributed by atoms with Gasteiger partial charge in [-0.1, -0.05) is 0 Å². The number of nitrogens with two attached hydrogens (primary N) is 2. The summed E-state index contributed by atoms with van der Waals surface area (Å²) in [5.74, 6) is -1.24. The molecule has 0 aromatic rings. The highest BCUT2D eigenvalue weighted by atomic mass is 16.6. The van der Waals surface area contributed by atoms with E-state index < -0.39 is 23.6 Å². The van der Waals surface area contributed by atoms with E-state index in [9.17, 15) is 9.59 Å².